The first-order chi connectivity index (χ1) is 14.1. The molecule has 3 aliphatic rings. The van der Waals surface area contributed by atoms with Gasteiger partial charge in [-0.05, 0) is 12.8 Å². The molecule has 3 N–H and O–H groups in total. The van der Waals surface area contributed by atoms with Gasteiger partial charge in [-0.15, -0.1) is 0 Å². The Morgan fingerprint density at radius 2 is 1.48 bits per heavy atom. The van der Waals surface area contributed by atoms with Crippen molar-refractivity contribution in [1.82, 2.24) is 25.3 Å². The van der Waals surface area contributed by atoms with Crippen LogP contribution in [0.1, 0.15) is 12.8 Å². The molecule has 0 spiro atoms. The highest BCUT2D eigenvalue weighted by atomic mass is 35.5. The van der Waals surface area contributed by atoms with Gasteiger partial charge >= 0.3 is 0 Å². The summed E-state index contributed by atoms with van der Waals surface area (Å²) >= 11 is 6.47. The van der Waals surface area contributed by atoms with Crippen molar-refractivity contribution >= 4 is 40.3 Å². The summed E-state index contributed by atoms with van der Waals surface area (Å²) in [5.74, 6) is 1.88. The first-order valence-electron chi connectivity index (χ1n) is 10.2. The zero-order valence-electron chi connectivity index (χ0n) is 16.1. The zero-order valence-corrected chi connectivity index (χ0v) is 16.9. The van der Waals surface area contributed by atoms with Gasteiger partial charge in [0.1, 0.15) is 0 Å². The molecule has 5 rings (SSSR count). The normalized spacial score (nSPS) is 25.4. The average Bonchev–Trinajstić information content (AvgIpc) is 3.38. The highest BCUT2D eigenvalue weighted by molar-refractivity contribution is 6.32. The maximum Gasteiger partial charge on any atom is 0.229 e. The maximum absolute atomic E-state index is 9.91. The van der Waals surface area contributed by atoms with Crippen LogP contribution in [-0.2, 0) is 0 Å². The van der Waals surface area contributed by atoms with E-state index in [0.717, 1.165) is 57.9 Å². The van der Waals surface area contributed by atoms with E-state index >= 15 is 0 Å². The van der Waals surface area contributed by atoms with Gasteiger partial charge in [-0.1, -0.05) is 11.6 Å². The number of nitrogens with one attached hydrogen (secondary N) is 1. The average molecular weight is 421 g/mol. The van der Waals surface area contributed by atoms with Crippen molar-refractivity contribution in [2.24, 2.45) is 0 Å². The third kappa shape index (κ3) is 3.54. The van der Waals surface area contributed by atoms with Gasteiger partial charge in [-0.2, -0.15) is 9.97 Å². The second kappa shape index (κ2) is 7.67. The first-order valence-corrected chi connectivity index (χ1v) is 10.5. The van der Waals surface area contributed by atoms with E-state index in [0.29, 0.717) is 22.9 Å². The summed E-state index contributed by atoms with van der Waals surface area (Å²) in [6.45, 7) is 5.83. The van der Waals surface area contributed by atoms with Gasteiger partial charge in [0.15, 0.2) is 28.0 Å². The van der Waals surface area contributed by atoms with E-state index in [9.17, 15) is 10.2 Å². The number of aliphatic hydroxyl groups is 2. The molecule has 3 saturated heterocycles. The second-order valence-corrected chi connectivity index (χ2v) is 8.19. The fourth-order valence-corrected chi connectivity index (χ4v) is 4.44. The number of hydrogen-bond donors (Lipinski definition) is 3. The van der Waals surface area contributed by atoms with Gasteiger partial charge in [-0.25, -0.2) is 9.97 Å². The minimum Gasteiger partial charge on any atom is -0.389 e. The monoisotopic (exact) mass is 420 g/mol. The molecule has 0 amide bonds. The van der Waals surface area contributed by atoms with Crippen molar-refractivity contribution < 1.29 is 10.2 Å². The molecule has 2 aromatic heterocycles. The Morgan fingerprint density at radius 1 is 0.793 bits per heavy atom. The molecule has 3 fully saturated rings. The number of aromatic nitrogens is 4. The molecule has 0 aliphatic carbocycles. The highest BCUT2D eigenvalue weighted by Crippen LogP contribution is 2.32. The number of piperazine rings is 1. The molecule has 0 radical (unpaired) electrons. The number of β-amino-alcohol motifs (C(OH)–C–C–N with tert-alkyl or cyclic N) is 2. The van der Waals surface area contributed by atoms with Crippen molar-refractivity contribution in [1.29, 1.82) is 0 Å². The summed E-state index contributed by atoms with van der Waals surface area (Å²) in [5.41, 5.74) is 1.09. The number of nitrogens with zero attached hydrogens (tertiary/aromatic N) is 7. The number of anilines is 3. The minimum absolute atomic E-state index is 0.234. The third-order valence-corrected chi connectivity index (χ3v) is 6.06. The molecular weight excluding hydrogens is 396 g/mol. The van der Waals surface area contributed by atoms with E-state index in [2.05, 4.69) is 20.1 Å². The van der Waals surface area contributed by atoms with Crippen molar-refractivity contribution in [3.05, 3.63) is 5.15 Å². The van der Waals surface area contributed by atoms with Crippen LogP contribution in [0.4, 0.5) is 17.6 Å². The maximum atomic E-state index is 9.91. The number of fused-ring (bicyclic) bond motifs is 1. The number of hydrogen-bond acceptors (Lipinski definition) is 10. The smallest absolute Gasteiger partial charge is 0.229 e. The van der Waals surface area contributed by atoms with E-state index in [1.807, 2.05) is 0 Å². The molecule has 0 aromatic carbocycles. The Morgan fingerprint density at radius 3 is 2.17 bits per heavy atom. The summed E-state index contributed by atoms with van der Waals surface area (Å²) in [6.07, 6.45) is 0.588. The topological polar surface area (TPSA) is 114 Å². The fourth-order valence-electron chi connectivity index (χ4n) is 4.19. The van der Waals surface area contributed by atoms with Gasteiger partial charge < -0.3 is 30.2 Å². The Kier molecular flexibility index (Phi) is 5.02. The molecule has 2 atom stereocenters. The number of rotatable bonds is 3. The largest absolute Gasteiger partial charge is 0.389 e. The Hall–Kier alpha value is -2.01. The van der Waals surface area contributed by atoms with E-state index in [-0.39, 0.29) is 18.2 Å². The number of halogens is 1. The Bertz CT molecular complexity index is 893. The molecule has 11 heteroatoms. The van der Waals surface area contributed by atoms with E-state index in [1.54, 1.807) is 4.90 Å². The molecule has 29 heavy (non-hydrogen) atoms. The zero-order chi connectivity index (χ0) is 20.0. The van der Waals surface area contributed by atoms with Crippen LogP contribution in [0.2, 0.25) is 5.15 Å². The van der Waals surface area contributed by atoms with Crippen LogP contribution >= 0.6 is 11.6 Å². The lowest BCUT2D eigenvalue weighted by molar-refractivity contribution is 0.0572. The minimum atomic E-state index is -0.828. The van der Waals surface area contributed by atoms with Crippen molar-refractivity contribution in [3.63, 3.8) is 0 Å². The molecule has 10 nitrogen and oxygen atoms in total. The lowest BCUT2D eigenvalue weighted by Crippen LogP contribution is -2.44. The first kappa shape index (κ1) is 19.0. The SMILES string of the molecule is O[C@@H]1CN(c2nc3nc(N4CCNCC4)nc(N4CCCC4)c3nc2Cl)C[C@H]1O. The van der Waals surface area contributed by atoms with Gasteiger partial charge in [0.05, 0.1) is 12.2 Å². The summed E-state index contributed by atoms with van der Waals surface area (Å²) in [5, 5.41) is 23.4. The second-order valence-electron chi connectivity index (χ2n) is 7.83. The summed E-state index contributed by atoms with van der Waals surface area (Å²) in [6, 6.07) is 0. The standard InChI is InChI=1S/C18H25ClN8O2/c19-14-17(27-9-11(28)12(29)10-27)22-15-13(21-14)16(25-5-1-2-6-25)24-18(23-15)26-7-3-20-4-8-26/h11-12,20,28-29H,1-10H2/t11-,12-/m1/s1. The van der Waals surface area contributed by atoms with Crippen LogP contribution in [0.15, 0.2) is 0 Å². The Balaban J connectivity index is 1.61. The molecular formula is C18H25ClN8O2. The predicted octanol–water partition coefficient (Wildman–Crippen LogP) is -0.375. The summed E-state index contributed by atoms with van der Waals surface area (Å²) in [7, 11) is 0. The molecule has 2 aromatic rings. The van der Waals surface area contributed by atoms with Gasteiger partial charge in [0.25, 0.3) is 0 Å². The summed E-state index contributed by atoms with van der Waals surface area (Å²) < 4.78 is 0. The molecule has 0 unspecified atom stereocenters. The van der Waals surface area contributed by atoms with Crippen LogP contribution in [0.5, 0.6) is 0 Å². The third-order valence-electron chi connectivity index (χ3n) is 5.81. The predicted molar refractivity (Wildman–Crippen MR) is 111 cm³/mol. The molecule has 0 bridgehead atoms. The van der Waals surface area contributed by atoms with Crippen molar-refractivity contribution in [2.45, 2.75) is 25.0 Å². The van der Waals surface area contributed by atoms with Crippen molar-refractivity contribution in [3.8, 4) is 0 Å². The fraction of sp³-hybridized carbons (Fsp3) is 0.667. The van der Waals surface area contributed by atoms with Crippen LogP contribution in [0.3, 0.4) is 0 Å². The highest BCUT2D eigenvalue weighted by Gasteiger charge is 2.33. The molecule has 3 aliphatic heterocycles. The van der Waals surface area contributed by atoms with Crippen molar-refractivity contribution in [2.75, 3.05) is 67.1 Å². The van der Waals surface area contributed by atoms with Crippen LogP contribution in [0.25, 0.3) is 11.2 Å². The molecule has 156 valence electrons. The van der Waals surface area contributed by atoms with Crippen LogP contribution < -0.4 is 20.0 Å². The van der Waals surface area contributed by atoms with E-state index in [1.165, 1.54) is 0 Å². The molecule has 5 heterocycles. The lowest BCUT2D eigenvalue weighted by atomic mass is 10.3. The van der Waals surface area contributed by atoms with Crippen LogP contribution in [0, 0.1) is 0 Å². The molecule has 0 saturated carbocycles. The van der Waals surface area contributed by atoms with Gasteiger partial charge in [0.2, 0.25) is 5.95 Å². The lowest BCUT2D eigenvalue weighted by Gasteiger charge is -2.29. The Labute approximate surface area is 173 Å². The quantitative estimate of drug-likeness (QED) is 0.607. The van der Waals surface area contributed by atoms with Crippen LogP contribution in [-0.4, -0.2) is 94.7 Å². The number of aliphatic hydroxyl groups excluding tert-OH is 2. The van der Waals surface area contributed by atoms with E-state index in [4.69, 9.17) is 26.6 Å². The van der Waals surface area contributed by atoms with E-state index < -0.39 is 12.2 Å². The van der Waals surface area contributed by atoms with Gasteiger partial charge in [-0.3, -0.25) is 0 Å². The van der Waals surface area contributed by atoms with Gasteiger partial charge in [0, 0.05) is 52.4 Å². The summed E-state index contributed by atoms with van der Waals surface area (Å²) in [4.78, 5) is 25.0.